The van der Waals surface area contributed by atoms with Gasteiger partial charge in [0.1, 0.15) is 0 Å². The van der Waals surface area contributed by atoms with Gasteiger partial charge < -0.3 is 10.8 Å². The van der Waals surface area contributed by atoms with Crippen LogP contribution in [0.15, 0.2) is 0 Å². The van der Waals surface area contributed by atoms with Gasteiger partial charge in [-0.2, -0.15) is 0 Å². The lowest BCUT2D eigenvalue weighted by Crippen LogP contribution is -2.43. The van der Waals surface area contributed by atoms with E-state index in [1.54, 1.807) is 0 Å². The molecule has 3 heteroatoms. The topological polar surface area (TPSA) is 46.2 Å². The Kier molecular flexibility index (Phi) is 2.98. The second-order valence-corrected chi connectivity index (χ2v) is 4.90. The van der Waals surface area contributed by atoms with Gasteiger partial charge >= 0.3 is 0 Å². The number of aliphatic hydroxyl groups is 1. The van der Waals surface area contributed by atoms with Gasteiger partial charge in [-0.3, -0.25) is 4.39 Å². The van der Waals surface area contributed by atoms with E-state index in [2.05, 4.69) is 0 Å². The van der Waals surface area contributed by atoms with Gasteiger partial charge in [0.2, 0.25) is 0 Å². The fourth-order valence-electron chi connectivity index (χ4n) is 2.44. The summed E-state index contributed by atoms with van der Waals surface area (Å²) in [6.45, 7) is 4.05. The van der Waals surface area contributed by atoms with E-state index in [0.29, 0.717) is 13.0 Å². The smallest absolute Gasteiger partial charge is 0.0901 e. The lowest BCUT2D eigenvalue weighted by molar-refractivity contribution is -0.0119. The summed E-state index contributed by atoms with van der Waals surface area (Å²) >= 11 is 0. The Balaban J connectivity index is 2.79. The summed E-state index contributed by atoms with van der Waals surface area (Å²) in [4.78, 5) is 0. The maximum absolute atomic E-state index is 12.3. The Morgan fingerprint density at radius 2 is 2.08 bits per heavy atom. The van der Waals surface area contributed by atoms with Crippen molar-refractivity contribution in [2.75, 3.05) is 13.2 Å². The molecule has 1 saturated carbocycles. The maximum Gasteiger partial charge on any atom is 0.0901 e. The van der Waals surface area contributed by atoms with E-state index >= 15 is 0 Å². The van der Waals surface area contributed by atoms with Crippen LogP contribution in [0.1, 0.15) is 33.1 Å². The number of alkyl halides is 1. The Labute approximate surface area is 79.3 Å². The van der Waals surface area contributed by atoms with Crippen LogP contribution in [0, 0.1) is 10.8 Å². The molecule has 2 unspecified atom stereocenters. The largest absolute Gasteiger partial charge is 0.392 e. The lowest BCUT2D eigenvalue weighted by atomic mass is 9.76. The molecule has 0 aromatic rings. The average molecular weight is 189 g/mol. The van der Waals surface area contributed by atoms with E-state index < -0.39 is 6.10 Å². The van der Waals surface area contributed by atoms with Crippen LogP contribution in [0.3, 0.4) is 0 Å². The van der Waals surface area contributed by atoms with Crippen molar-refractivity contribution in [3.8, 4) is 0 Å². The van der Waals surface area contributed by atoms with Crippen LogP contribution in [-0.4, -0.2) is 24.4 Å². The predicted molar refractivity (Wildman–Crippen MR) is 51.1 cm³/mol. The Morgan fingerprint density at radius 1 is 1.46 bits per heavy atom. The zero-order chi connectivity index (χ0) is 10.1. The SMILES string of the molecule is CC1(C)CCC(CN)(CCF)C1O. The van der Waals surface area contributed by atoms with Gasteiger partial charge in [-0.15, -0.1) is 0 Å². The van der Waals surface area contributed by atoms with Crippen molar-refractivity contribution in [2.45, 2.75) is 39.2 Å². The second kappa shape index (κ2) is 3.54. The molecule has 1 rings (SSSR count). The maximum atomic E-state index is 12.3. The minimum absolute atomic E-state index is 0.103. The van der Waals surface area contributed by atoms with Gasteiger partial charge in [-0.05, 0) is 24.7 Å². The first-order valence-electron chi connectivity index (χ1n) is 4.93. The Hall–Kier alpha value is -0.150. The molecule has 0 bridgehead atoms. The van der Waals surface area contributed by atoms with Crippen LogP contribution < -0.4 is 5.73 Å². The monoisotopic (exact) mass is 189 g/mol. The van der Waals surface area contributed by atoms with E-state index in [4.69, 9.17) is 5.73 Å². The minimum Gasteiger partial charge on any atom is -0.392 e. The van der Waals surface area contributed by atoms with Crippen molar-refractivity contribution in [1.29, 1.82) is 0 Å². The molecule has 1 aliphatic rings. The highest BCUT2D eigenvalue weighted by molar-refractivity contribution is 5.01. The fourth-order valence-corrected chi connectivity index (χ4v) is 2.44. The molecule has 0 spiro atoms. The Bertz CT molecular complexity index is 184. The lowest BCUT2D eigenvalue weighted by Gasteiger charge is -2.35. The molecule has 0 aromatic heterocycles. The van der Waals surface area contributed by atoms with E-state index in [1.807, 2.05) is 13.8 Å². The van der Waals surface area contributed by atoms with Crippen molar-refractivity contribution >= 4 is 0 Å². The Morgan fingerprint density at radius 3 is 2.38 bits per heavy atom. The molecule has 3 N–H and O–H groups in total. The third-order valence-corrected chi connectivity index (χ3v) is 3.59. The van der Waals surface area contributed by atoms with Crippen LogP contribution >= 0.6 is 0 Å². The van der Waals surface area contributed by atoms with Crippen molar-refractivity contribution in [3.63, 3.8) is 0 Å². The quantitative estimate of drug-likeness (QED) is 0.706. The summed E-state index contributed by atoms with van der Waals surface area (Å²) < 4.78 is 12.3. The highest BCUT2D eigenvalue weighted by Gasteiger charge is 2.50. The van der Waals surface area contributed by atoms with Crippen molar-refractivity contribution < 1.29 is 9.50 Å². The van der Waals surface area contributed by atoms with Crippen LogP contribution in [0.25, 0.3) is 0 Å². The fraction of sp³-hybridized carbons (Fsp3) is 1.00. The second-order valence-electron chi connectivity index (χ2n) is 4.90. The standard InChI is InChI=1S/C10H20FNO/c1-9(2)3-4-10(7-12,5-6-11)8(9)13/h8,13H,3-7,12H2,1-2H3. The highest BCUT2D eigenvalue weighted by Crippen LogP contribution is 2.50. The normalized spacial score (nSPS) is 38.1. The van der Waals surface area contributed by atoms with Gasteiger partial charge in [0.25, 0.3) is 0 Å². The van der Waals surface area contributed by atoms with Gasteiger partial charge in [0, 0.05) is 12.0 Å². The van der Waals surface area contributed by atoms with Crippen LogP contribution in [0.4, 0.5) is 4.39 Å². The molecule has 1 aliphatic carbocycles. The first kappa shape index (κ1) is 10.9. The molecule has 13 heavy (non-hydrogen) atoms. The van der Waals surface area contributed by atoms with E-state index in [-0.39, 0.29) is 17.5 Å². The van der Waals surface area contributed by atoms with Crippen molar-refractivity contribution in [1.82, 2.24) is 0 Å². The number of aliphatic hydroxyl groups excluding tert-OH is 1. The minimum atomic E-state index is -0.458. The molecule has 2 atom stereocenters. The zero-order valence-electron chi connectivity index (χ0n) is 8.52. The molecule has 0 radical (unpaired) electrons. The molecule has 1 fully saturated rings. The summed E-state index contributed by atoms with van der Waals surface area (Å²) in [6, 6.07) is 0. The summed E-state index contributed by atoms with van der Waals surface area (Å²) in [7, 11) is 0. The first-order valence-corrected chi connectivity index (χ1v) is 4.93. The van der Waals surface area contributed by atoms with Crippen molar-refractivity contribution in [2.24, 2.45) is 16.6 Å². The van der Waals surface area contributed by atoms with Gasteiger partial charge in [-0.25, -0.2) is 0 Å². The van der Waals surface area contributed by atoms with Gasteiger partial charge in [0.05, 0.1) is 12.8 Å². The number of halogens is 1. The van der Waals surface area contributed by atoms with Crippen molar-refractivity contribution in [3.05, 3.63) is 0 Å². The summed E-state index contributed by atoms with van der Waals surface area (Å²) in [5, 5.41) is 10.1. The third kappa shape index (κ3) is 1.72. The highest BCUT2D eigenvalue weighted by atomic mass is 19.1. The first-order chi connectivity index (χ1) is 5.98. The summed E-state index contributed by atoms with van der Waals surface area (Å²) in [6.07, 6.45) is 1.72. The molecule has 0 aliphatic heterocycles. The summed E-state index contributed by atoms with van der Waals surface area (Å²) in [5.41, 5.74) is 5.17. The molecular weight excluding hydrogens is 169 g/mol. The number of nitrogens with two attached hydrogens (primary N) is 1. The number of rotatable bonds is 3. The predicted octanol–water partition coefficient (Wildman–Crippen LogP) is 1.47. The van der Waals surface area contributed by atoms with Gasteiger partial charge in [-0.1, -0.05) is 13.8 Å². The van der Waals surface area contributed by atoms with E-state index in [9.17, 15) is 9.50 Å². The van der Waals surface area contributed by atoms with Crippen LogP contribution in [0.2, 0.25) is 0 Å². The van der Waals surface area contributed by atoms with Crippen LogP contribution in [-0.2, 0) is 0 Å². The average Bonchev–Trinajstić information content (AvgIpc) is 2.31. The van der Waals surface area contributed by atoms with Crippen LogP contribution in [0.5, 0.6) is 0 Å². The molecule has 0 heterocycles. The molecule has 2 nitrogen and oxygen atoms in total. The molecule has 0 amide bonds. The molecule has 78 valence electrons. The number of hydrogen-bond donors (Lipinski definition) is 2. The van der Waals surface area contributed by atoms with E-state index in [0.717, 1.165) is 12.8 Å². The third-order valence-electron chi connectivity index (χ3n) is 3.59. The summed E-state index contributed by atoms with van der Waals surface area (Å²) in [5.74, 6) is 0. The molecule has 0 aromatic carbocycles. The number of hydrogen-bond acceptors (Lipinski definition) is 2. The van der Waals surface area contributed by atoms with E-state index in [1.165, 1.54) is 0 Å². The zero-order valence-corrected chi connectivity index (χ0v) is 8.52. The van der Waals surface area contributed by atoms with Gasteiger partial charge in [0.15, 0.2) is 0 Å². The molecule has 0 saturated heterocycles. The molecular formula is C10H20FNO.